The zero-order chi connectivity index (χ0) is 16.1. The number of benzene rings is 2. The van der Waals surface area contributed by atoms with E-state index in [0.29, 0.717) is 5.56 Å². The number of rotatable bonds is 4. The molecule has 23 heavy (non-hydrogen) atoms. The summed E-state index contributed by atoms with van der Waals surface area (Å²) >= 11 is 0. The predicted octanol–water partition coefficient (Wildman–Crippen LogP) is 5.29. The number of azo groups is 1. The summed E-state index contributed by atoms with van der Waals surface area (Å²) in [7, 11) is 0. The SMILES string of the molecule is CC(=O)c1ccc(N=Nc2ccc(N3CCCCC3)cc2)cc1. The fourth-order valence-corrected chi connectivity index (χ4v) is 2.76. The van der Waals surface area contributed by atoms with Crippen molar-refractivity contribution in [3.63, 3.8) is 0 Å². The predicted molar refractivity (Wildman–Crippen MR) is 93.1 cm³/mol. The molecule has 0 unspecified atom stereocenters. The third kappa shape index (κ3) is 4.03. The minimum Gasteiger partial charge on any atom is -0.372 e. The fourth-order valence-electron chi connectivity index (χ4n) is 2.76. The second-order valence-electron chi connectivity index (χ2n) is 5.87. The molecule has 0 aromatic heterocycles. The molecule has 118 valence electrons. The first-order valence-corrected chi connectivity index (χ1v) is 8.10. The Morgan fingerprint density at radius 1 is 0.826 bits per heavy atom. The lowest BCUT2D eigenvalue weighted by Gasteiger charge is -2.28. The van der Waals surface area contributed by atoms with Crippen LogP contribution in [0.5, 0.6) is 0 Å². The maximum atomic E-state index is 11.2. The van der Waals surface area contributed by atoms with Crippen molar-refractivity contribution in [3.8, 4) is 0 Å². The standard InChI is InChI=1S/C19H21N3O/c1-15(23)16-5-7-17(8-6-16)20-21-18-9-11-19(12-10-18)22-13-3-2-4-14-22/h5-12H,2-4,13-14H2,1H3. The lowest BCUT2D eigenvalue weighted by molar-refractivity contribution is 0.101. The highest BCUT2D eigenvalue weighted by Gasteiger charge is 2.10. The average molecular weight is 307 g/mol. The van der Waals surface area contributed by atoms with Crippen LogP contribution in [0.25, 0.3) is 0 Å². The van der Waals surface area contributed by atoms with Gasteiger partial charge < -0.3 is 4.90 Å². The topological polar surface area (TPSA) is 45.0 Å². The molecule has 0 N–H and O–H groups in total. The van der Waals surface area contributed by atoms with Gasteiger partial charge in [-0.05, 0) is 74.7 Å². The smallest absolute Gasteiger partial charge is 0.159 e. The van der Waals surface area contributed by atoms with Gasteiger partial charge in [0.15, 0.2) is 5.78 Å². The molecular weight excluding hydrogens is 286 g/mol. The lowest BCUT2D eigenvalue weighted by Crippen LogP contribution is -2.29. The van der Waals surface area contributed by atoms with E-state index in [2.05, 4.69) is 27.3 Å². The quantitative estimate of drug-likeness (QED) is 0.568. The molecule has 0 bridgehead atoms. The van der Waals surface area contributed by atoms with Crippen molar-refractivity contribution in [3.05, 3.63) is 54.1 Å². The maximum Gasteiger partial charge on any atom is 0.159 e. The zero-order valence-electron chi connectivity index (χ0n) is 13.4. The van der Waals surface area contributed by atoms with Crippen molar-refractivity contribution < 1.29 is 4.79 Å². The number of carbonyl (C=O) groups is 1. The van der Waals surface area contributed by atoms with Crippen molar-refractivity contribution in [2.75, 3.05) is 18.0 Å². The first kappa shape index (κ1) is 15.4. The number of nitrogens with zero attached hydrogens (tertiary/aromatic N) is 3. The summed E-state index contributed by atoms with van der Waals surface area (Å²) in [6.07, 6.45) is 3.89. The number of Topliss-reactive ketones (excluding diaryl/α,β-unsaturated/α-hetero) is 1. The molecule has 2 aromatic rings. The Morgan fingerprint density at radius 3 is 1.87 bits per heavy atom. The van der Waals surface area contributed by atoms with Crippen LogP contribution >= 0.6 is 0 Å². The monoisotopic (exact) mass is 307 g/mol. The van der Waals surface area contributed by atoms with Gasteiger partial charge in [0.05, 0.1) is 11.4 Å². The molecule has 1 aliphatic heterocycles. The van der Waals surface area contributed by atoms with Crippen LogP contribution in [0.15, 0.2) is 58.8 Å². The van der Waals surface area contributed by atoms with Crippen LogP contribution in [0.3, 0.4) is 0 Å². The molecule has 0 amide bonds. The minimum atomic E-state index is 0.0572. The summed E-state index contributed by atoms with van der Waals surface area (Å²) in [5.74, 6) is 0.0572. The van der Waals surface area contributed by atoms with Gasteiger partial charge in [-0.2, -0.15) is 10.2 Å². The number of carbonyl (C=O) groups excluding carboxylic acids is 1. The molecule has 1 aliphatic rings. The van der Waals surface area contributed by atoms with Crippen LogP contribution in [-0.2, 0) is 0 Å². The highest BCUT2D eigenvalue weighted by Crippen LogP contribution is 2.24. The molecule has 1 saturated heterocycles. The van der Waals surface area contributed by atoms with Gasteiger partial charge in [-0.1, -0.05) is 0 Å². The Bertz CT molecular complexity index is 684. The molecule has 4 heteroatoms. The van der Waals surface area contributed by atoms with Crippen LogP contribution in [0.4, 0.5) is 17.1 Å². The summed E-state index contributed by atoms with van der Waals surface area (Å²) in [4.78, 5) is 13.7. The Labute approximate surface area is 136 Å². The van der Waals surface area contributed by atoms with Crippen molar-refractivity contribution in [1.82, 2.24) is 0 Å². The van der Waals surface area contributed by atoms with E-state index in [4.69, 9.17) is 0 Å². The number of hydrogen-bond donors (Lipinski definition) is 0. The molecule has 1 heterocycles. The first-order valence-electron chi connectivity index (χ1n) is 8.10. The van der Waals surface area contributed by atoms with Crippen molar-refractivity contribution in [1.29, 1.82) is 0 Å². The second kappa shape index (κ2) is 7.18. The largest absolute Gasteiger partial charge is 0.372 e. The van der Waals surface area contributed by atoms with E-state index in [1.165, 1.54) is 24.9 Å². The van der Waals surface area contributed by atoms with Crippen molar-refractivity contribution >= 4 is 22.8 Å². The highest BCUT2D eigenvalue weighted by molar-refractivity contribution is 5.94. The molecule has 1 fully saturated rings. The van der Waals surface area contributed by atoms with E-state index in [1.54, 1.807) is 19.1 Å². The van der Waals surface area contributed by atoms with Crippen molar-refractivity contribution in [2.45, 2.75) is 26.2 Å². The average Bonchev–Trinajstić information content (AvgIpc) is 2.61. The summed E-state index contributed by atoms with van der Waals surface area (Å²) in [6.45, 7) is 3.84. The molecule has 4 nitrogen and oxygen atoms in total. The van der Waals surface area contributed by atoms with E-state index >= 15 is 0 Å². The van der Waals surface area contributed by atoms with Gasteiger partial charge in [0.2, 0.25) is 0 Å². The van der Waals surface area contributed by atoms with Crippen molar-refractivity contribution in [2.24, 2.45) is 10.2 Å². The molecule has 0 aliphatic carbocycles. The third-order valence-corrected chi connectivity index (χ3v) is 4.13. The fraction of sp³-hybridized carbons (Fsp3) is 0.316. The Kier molecular flexibility index (Phi) is 4.81. The third-order valence-electron chi connectivity index (χ3n) is 4.13. The van der Waals surface area contributed by atoms with Gasteiger partial charge in [0.1, 0.15) is 0 Å². The Hall–Kier alpha value is -2.49. The van der Waals surface area contributed by atoms with E-state index in [9.17, 15) is 4.79 Å². The Balaban J connectivity index is 1.66. The zero-order valence-corrected chi connectivity index (χ0v) is 13.4. The number of anilines is 1. The summed E-state index contributed by atoms with van der Waals surface area (Å²) in [5, 5.41) is 8.48. The van der Waals surface area contributed by atoms with Gasteiger partial charge in [0.25, 0.3) is 0 Å². The van der Waals surface area contributed by atoms with Gasteiger partial charge in [-0.15, -0.1) is 0 Å². The number of ketones is 1. The number of piperidine rings is 1. The van der Waals surface area contributed by atoms with E-state index in [-0.39, 0.29) is 5.78 Å². The molecule has 0 atom stereocenters. The van der Waals surface area contributed by atoms with Gasteiger partial charge in [-0.25, -0.2) is 0 Å². The van der Waals surface area contributed by atoms with Gasteiger partial charge in [0, 0.05) is 24.3 Å². The molecule has 2 aromatic carbocycles. The maximum absolute atomic E-state index is 11.2. The van der Waals surface area contributed by atoms with Gasteiger partial charge >= 0.3 is 0 Å². The van der Waals surface area contributed by atoms with E-state index in [1.807, 2.05) is 24.3 Å². The van der Waals surface area contributed by atoms with E-state index in [0.717, 1.165) is 24.5 Å². The highest BCUT2D eigenvalue weighted by atomic mass is 16.1. The molecular formula is C19H21N3O. The molecule has 0 saturated carbocycles. The minimum absolute atomic E-state index is 0.0572. The first-order chi connectivity index (χ1) is 11.2. The van der Waals surface area contributed by atoms with Crippen LogP contribution in [-0.4, -0.2) is 18.9 Å². The van der Waals surface area contributed by atoms with Crippen LogP contribution < -0.4 is 4.90 Å². The molecule has 0 spiro atoms. The normalized spacial score (nSPS) is 15.1. The summed E-state index contributed by atoms with van der Waals surface area (Å²) in [5.41, 5.74) is 3.53. The number of hydrogen-bond acceptors (Lipinski definition) is 4. The second-order valence-corrected chi connectivity index (χ2v) is 5.87. The molecule has 3 rings (SSSR count). The Morgan fingerprint density at radius 2 is 1.35 bits per heavy atom. The summed E-state index contributed by atoms with van der Waals surface area (Å²) in [6, 6.07) is 15.4. The van der Waals surface area contributed by atoms with Crippen LogP contribution in [0.2, 0.25) is 0 Å². The summed E-state index contributed by atoms with van der Waals surface area (Å²) < 4.78 is 0. The lowest BCUT2D eigenvalue weighted by atomic mass is 10.1. The van der Waals surface area contributed by atoms with Crippen LogP contribution in [0.1, 0.15) is 36.5 Å². The van der Waals surface area contributed by atoms with Gasteiger partial charge in [-0.3, -0.25) is 4.79 Å². The molecule has 0 radical (unpaired) electrons. The van der Waals surface area contributed by atoms with Crippen LogP contribution in [0, 0.1) is 0 Å². The van der Waals surface area contributed by atoms with E-state index < -0.39 is 0 Å².